The monoisotopic (exact) mass is 381 g/mol. The molecule has 2 aliphatic heterocycles. The SMILES string of the molecule is CNC1CCCN(C(=O)c2ccc(S(=O)(=O)NCC3CCCO3)cc2)C1. The van der Waals surface area contributed by atoms with Crippen molar-refractivity contribution >= 4 is 15.9 Å². The number of likely N-dealkylation sites (tertiary alicyclic amines) is 1. The summed E-state index contributed by atoms with van der Waals surface area (Å²) < 4.78 is 32.8. The predicted molar refractivity (Wildman–Crippen MR) is 98.6 cm³/mol. The molecular formula is C18H27N3O4S. The Bertz CT molecular complexity index is 714. The van der Waals surface area contributed by atoms with Gasteiger partial charge in [-0.25, -0.2) is 13.1 Å². The maximum Gasteiger partial charge on any atom is 0.253 e. The lowest BCUT2D eigenvalue weighted by Gasteiger charge is -2.32. The van der Waals surface area contributed by atoms with Crippen molar-refractivity contribution in [2.24, 2.45) is 0 Å². The number of sulfonamides is 1. The van der Waals surface area contributed by atoms with Crippen LogP contribution in [0.25, 0.3) is 0 Å². The van der Waals surface area contributed by atoms with E-state index in [9.17, 15) is 13.2 Å². The van der Waals surface area contributed by atoms with Gasteiger partial charge in [0.15, 0.2) is 0 Å². The molecule has 144 valence electrons. The Balaban J connectivity index is 1.62. The summed E-state index contributed by atoms with van der Waals surface area (Å²) in [6.45, 7) is 2.38. The van der Waals surface area contributed by atoms with Crippen molar-refractivity contribution in [1.29, 1.82) is 0 Å². The highest BCUT2D eigenvalue weighted by Crippen LogP contribution is 2.17. The summed E-state index contributed by atoms with van der Waals surface area (Å²) in [6, 6.07) is 6.47. The molecule has 0 spiro atoms. The molecule has 0 saturated carbocycles. The summed E-state index contributed by atoms with van der Waals surface area (Å²) >= 11 is 0. The zero-order valence-electron chi connectivity index (χ0n) is 15.1. The van der Waals surface area contributed by atoms with Gasteiger partial charge in [0.2, 0.25) is 10.0 Å². The van der Waals surface area contributed by atoms with Gasteiger partial charge in [-0.1, -0.05) is 0 Å². The Morgan fingerprint density at radius 2 is 2.00 bits per heavy atom. The molecule has 2 atom stereocenters. The molecular weight excluding hydrogens is 354 g/mol. The molecule has 0 aromatic heterocycles. The van der Waals surface area contributed by atoms with Gasteiger partial charge in [-0.3, -0.25) is 4.79 Å². The number of hydrogen-bond acceptors (Lipinski definition) is 5. The van der Waals surface area contributed by atoms with E-state index in [1.165, 1.54) is 12.1 Å². The van der Waals surface area contributed by atoms with Gasteiger partial charge < -0.3 is 15.0 Å². The maximum atomic E-state index is 12.6. The molecule has 0 bridgehead atoms. The first-order chi connectivity index (χ1) is 12.5. The third kappa shape index (κ3) is 4.62. The summed E-state index contributed by atoms with van der Waals surface area (Å²) in [6.07, 6.45) is 3.82. The van der Waals surface area contributed by atoms with E-state index in [-0.39, 0.29) is 23.5 Å². The lowest BCUT2D eigenvalue weighted by molar-refractivity contribution is 0.0698. The second kappa shape index (κ2) is 8.47. The Morgan fingerprint density at radius 1 is 1.23 bits per heavy atom. The van der Waals surface area contributed by atoms with Crippen molar-refractivity contribution in [3.05, 3.63) is 29.8 Å². The molecule has 1 aromatic rings. The number of rotatable bonds is 6. The highest BCUT2D eigenvalue weighted by molar-refractivity contribution is 7.89. The predicted octanol–water partition coefficient (Wildman–Crippen LogP) is 0.968. The van der Waals surface area contributed by atoms with Gasteiger partial charge in [-0.2, -0.15) is 0 Å². The van der Waals surface area contributed by atoms with Crippen LogP contribution in [0.4, 0.5) is 0 Å². The second-order valence-electron chi connectivity index (χ2n) is 6.89. The molecule has 0 radical (unpaired) electrons. The molecule has 26 heavy (non-hydrogen) atoms. The summed E-state index contributed by atoms with van der Waals surface area (Å²) in [5.74, 6) is -0.0544. The van der Waals surface area contributed by atoms with Crippen LogP contribution in [0.3, 0.4) is 0 Å². The highest BCUT2D eigenvalue weighted by Gasteiger charge is 2.24. The van der Waals surface area contributed by atoms with E-state index in [4.69, 9.17) is 4.74 Å². The van der Waals surface area contributed by atoms with Crippen molar-refractivity contribution in [1.82, 2.24) is 14.9 Å². The molecule has 0 aliphatic carbocycles. The molecule has 2 fully saturated rings. The first-order valence-electron chi connectivity index (χ1n) is 9.17. The molecule has 8 heteroatoms. The Kier molecular flexibility index (Phi) is 6.29. The van der Waals surface area contributed by atoms with Gasteiger partial charge >= 0.3 is 0 Å². The molecule has 2 aliphatic rings. The summed E-state index contributed by atoms with van der Waals surface area (Å²) in [5, 5.41) is 3.21. The highest BCUT2D eigenvalue weighted by atomic mass is 32.2. The largest absolute Gasteiger partial charge is 0.377 e. The number of benzene rings is 1. The van der Waals surface area contributed by atoms with Crippen molar-refractivity contribution in [2.45, 2.75) is 42.7 Å². The fourth-order valence-corrected chi connectivity index (χ4v) is 4.51. The lowest BCUT2D eigenvalue weighted by atomic mass is 10.0. The Labute approximate surface area is 155 Å². The smallest absolute Gasteiger partial charge is 0.253 e. The zero-order valence-corrected chi connectivity index (χ0v) is 15.9. The summed E-state index contributed by atoms with van der Waals surface area (Å²) in [7, 11) is -1.69. The van der Waals surface area contributed by atoms with Crippen LogP contribution in [0.5, 0.6) is 0 Å². The number of piperidine rings is 1. The van der Waals surface area contributed by atoms with Gasteiger partial charge in [-0.15, -0.1) is 0 Å². The minimum absolute atomic E-state index is 0.0511. The average molecular weight is 381 g/mol. The van der Waals surface area contributed by atoms with Crippen LogP contribution >= 0.6 is 0 Å². The quantitative estimate of drug-likeness (QED) is 0.767. The van der Waals surface area contributed by atoms with E-state index >= 15 is 0 Å². The summed E-state index contributed by atoms with van der Waals surface area (Å²) in [4.78, 5) is 14.6. The fraction of sp³-hybridized carbons (Fsp3) is 0.611. The minimum Gasteiger partial charge on any atom is -0.377 e. The topological polar surface area (TPSA) is 87.7 Å². The van der Waals surface area contributed by atoms with Crippen LogP contribution in [-0.4, -0.2) is 64.7 Å². The Hall–Kier alpha value is -1.48. The molecule has 7 nitrogen and oxygen atoms in total. The van der Waals surface area contributed by atoms with Crippen molar-refractivity contribution in [2.75, 3.05) is 33.3 Å². The lowest BCUT2D eigenvalue weighted by Crippen LogP contribution is -2.46. The van der Waals surface area contributed by atoms with Gasteiger partial charge in [0.25, 0.3) is 5.91 Å². The van der Waals surface area contributed by atoms with E-state index in [0.29, 0.717) is 24.8 Å². The molecule has 2 saturated heterocycles. The minimum atomic E-state index is -3.59. The number of ether oxygens (including phenoxy) is 1. The van der Waals surface area contributed by atoms with E-state index in [0.717, 1.165) is 32.2 Å². The molecule has 2 heterocycles. The Morgan fingerprint density at radius 3 is 2.65 bits per heavy atom. The molecule has 1 aromatic carbocycles. The van der Waals surface area contributed by atoms with E-state index in [1.54, 1.807) is 12.1 Å². The van der Waals surface area contributed by atoms with Crippen LogP contribution < -0.4 is 10.0 Å². The van der Waals surface area contributed by atoms with Gasteiger partial charge in [-0.05, 0) is 57.0 Å². The number of hydrogen-bond donors (Lipinski definition) is 2. The third-order valence-corrected chi connectivity index (χ3v) is 6.49. The standard InChI is InChI=1S/C18H27N3O4S/c1-19-15-4-2-10-21(13-15)18(22)14-6-8-17(9-7-14)26(23,24)20-12-16-5-3-11-25-16/h6-9,15-16,19-20H,2-5,10-13H2,1H3. The van der Waals surface area contributed by atoms with Gasteiger partial charge in [0, 0.05) is 37.8 Å². The molecule has 2 N–H and O–H groups in total. The molecule has 2 unspecified atom stereocenters. The number of carbonyl (C=O) groups is 1. The number of likely N-dealkylation sites (N-methyl/N-ethyl adjacent to an activating group) is 1. The first-order valence-corrected chi connectivity index (χ1v) is 10.7. The number of nitrogens with one attached hydrogen (secondary N) is 2. The fourth-order valence-electron chi connectivity index (χ4n) is 3.45. The van der Waals surface area contributed by atoms with Crippen molar-refractivity contribution in [3.8, 4) is 0 Å². The van der Waals surface area contributed by atoms with Gasteiger partial charge in [0.1, 0.15) is 0 Å². The molecule has 3 rings (SSSR count). The first kappa shape index (κ1) is 19.3. The van der Waals surface area contributed by atoms with Crippen LogP contribution in [-0.2, 0) is 14.8 Å². The van der Waals surface area contributed by atoms with Gasteiger partial charge in [0.05, 0.1) is 11.0 Å². The molecule has 1 amide bonds. The van der Waals surface area contributed by atoms with Crippen LogP contribution in [0, 0.1) is 0 Å². The van der Waals surface area contributed by atoms with Crippen molar-refractivity contribution in [3.63, 3.8) is 0 Å². The van der Waals surface area contributed by atoms with E-state index in [1.807, 2.05) is 11.9 Å². The van der Waals surface area contributed by atoms with Crippen molar-refractivity contribution < 1.29 is 17.9 Å². The summed E-state index contributed by atoms with van der Waals surface area (Å²) in [5.41, 5.74) is 0.514. The number of carbonyl (C=O) groups excluding carboxylic acids is 1. The number of amides is 1. The second-order valence-corrected chi connectivity index (χ2v) is 8.66. The van der Waals surface area contributed by atoms with Crippen LogP contribution in [0.1, 0.15) is 36.0 Å². The number of nitrogens with zero attached hydrogens (tertiary/aromatic N) is 1. The van der Waals surface area contributed by atoms with E-state index < -0.39 is 10.0 Å². The maximum absolute atomic E-state index is 12.6. The third-order valence-electron chi connectivity index (χ3n) is 5.05. The zero-order chi connectivity index (χ0) is 18.6. The normalized spacial score (nSPS) is 24.0. The van der Waals surface area contributed by atoms with E-state index in [2.05, 4.69) is 10.0 Å². The van der Waals surface area contributed by atoms with Crippen LogP contribution in [0.2, 0.25) is 0 Å². The van der Waals surface area contributed by atoms with Crippen LogP contribution in [0.15, 0.2) is 29.2 Å². The average Bonchev–Trinajstić information content (AvgIpc) is 3.20.